The molecule has 5 nitrogen and oxygen atoms in total. The van der Waals surface area contributed by atoms with Crippen molar-refractivity contribution in [3.63, 3.8) is 0 Å². The molecular weight excluding hydrogens is 300 g/mol. The second kappa shape index (κ2) is 5.02. The predicted molar refractivity (Wildman–Crippen MR) is 89.1 cm³/mol. The highest BCUT2D eigenvalue weighted by molar-refractivity contribution is 7.90. The van der Waals surface area contributed by atoms with E-state index in [1.54, 1.807) is 4.90 Å². The quantitative estimate of drug-likeness (QED) is 0.777. The summed E-state index contributed by atoms with van der Waals surface area (Å²) in [5, 5.41) is 9.57. The SMILES string of the molecule is C[C@H](N[S+]([O-])C(C)(C)C)C12CC(N(C(=O)O)C(C)(C)C)(C1)C2. The maximum Gasteiger partial charge on any atom is 0.408 e. The lowest BCUT2D eigenvalue weighted by molar-refractivity contribution is -0.235. The Morgan fingerprint density at radius 1 is 1.23 bits per heavy atom. The molecule has 0 aromatic heterocycles. The molecule has 3 aliphatic carbocycles. The number of rotatable bonds is 4. The number of carboxylic acid groups (broad SMARTS) is 1. The molecule has 0 saturated heterocycles. The van der Waals surface area contributed by atoms with Crippen LogP contribution in [0.2, 0.25) is 0 Å². The Labute approximate surface area is 137 Å². The van der Waals surface area contributed by atoms with Crippen LogP contribution in [0.5, 0.6) is 0 Å². The van der Waals surface area contributed by atoms with E-state index in [-0.39, 0.29) is 27.3 Å². The average Bonchev–Trinajstić information content (AvgIpc) is 2.16. The second-order valence-electron chi connectivity index (χ2n) is 9.13. The van der Waals surface area contributed by atoms with Gasteiger partial charge >= 0.3 is 6.09 Å². The highest BCUT2D eigenvalue weighted by atomic mass is 32.2. The van der Waals surface area contributed by atoms with E-state index in [0.717, 1.165) is 19.3 Å². The largest absolute Gasteiger partial charge is 0.598 e. The molecule has 1 amide bonds. The van der Waals surface area contributed by atoms with Crippen LogP contribution in [0.15, 0.2) is 0 Å². The molecule has 2 atom stereocenters. The van der Waals surface area contributed by atoms with Crippen molar-refractivity contribution in [2.45, 2.75) is 89.6 Å². The van der Waals surface area contributed by atoms with Gasteiger partial charge in [0.2, 0.25) is 0 Å². The monoisotopic (exact) mass is 330 g/mol. The topological polar surface area (TPSA) is 75.6 Å². The normalized spacial score (nSPS) is 33.5. The fourth-order valence-corrected chi connectivity index (χ4v) is 5.10. The maximum atomic E-state index is 12.3. The van der Waals surface area contributed by atoms with Crippen LogP contribution in [0.1, 0.15) is 67.7 Å². The van der Waals surface area contributed by atoms with E-state index in [1.807, 2.05) is 41.5 Å². The zero-order valence-electron chi connectivity index (χ0n) is 14.8. The minimum Gasteiger partial charge on any atom is -0.598 e. The molecule has 0 aliphatic heterocycles. The summed E-state index contributed by atoms with van der Waals surface area (Å²) < 4.78 is 15.2. The summed E-state index contributed by atoms with van der Waals surface area (Å²) in [4.78, 5) is 13.3. The first-order chi connectivity index (χ1) is 9.74. The van der Waals surface area contributed by atoms with Crippen molar-refractivity contribution in [2.24, 2.45) is 5.41 Å². The average molecular weight is 330 g/mol. The predicted octanol–water partition coefficient (Wildman–Crippen LogP) is 3.13. The van der Waals surface area contributed by atoms with E-state index in [4.69, 9.17) is 0 Å². The van der Waals surface area contributed by atoms with Crippen molar-refractivity contribution >= 4 is 17.5 Å². The third-order valence-corrected chi connectivity index (χ3v) is 6.82. The first kappa shape index (κ1) is 17.9. The van der Waals surface area contributed by atoms with Gasteiger partial charge in [-0.1, -0.05) is 0 Å². The van der Waals surface area contributed by atoms with Crippen molar-refractivity contribution < 1.29 is 14.5 Å². The summed E-state index contributed by atoms with van der Waals surface area (Å²) in [6.07, 6.45) is 1.79. The molecule has 3 fully saturated rings. The maximum absolute atomic E-state index is 12.3. The van der Waals surface area contributed by atoms with Crippen molar-refractivity contribution in [2.75, 3.05) is 0 Å². The molecule has 0 heterocycles. The molecule has 3 saturated carbocycles. The van der Waals surface area contributed by atoms with Gasteiger partial charge < -0.3 is 9.66 Å². The van der Waals surface area contributed by atoms with Gasteiger partial charge in [-0.05, 0) is 73.1 Å². The molecule has 6 heteroatoms. The van der Waals surface area contributed by atoms with Gasteiger partial charge in [-0.2, -0.15) is 0 Å². The van der Waals surface area contributed by atoms with Gasteiger partial charge in [-0.15, -0.1) is 4.72 Å². The molecule has 0 aromatic rings. The molecule has 2 bridgehead atoms. The number of carbonyl (C=O) groups is 1. The molecule has 22 heavy (non-hydrogen) atoms. The fraction of sp³-hybridized carbons (Fsp3) is 0.938. The lowest BCUT2D eigenvalue weighted by Crippen LogP contribution is -2.81. The summed E-state index contributed by atoms with van der Waals surface area (Å²) in [6.45, 7) is 13.8. The van der Waals surface area contributed by atoms with E-state index in [0.29, 0.717) is 0 Å². The number of nitrogens with one attached hydrogen (secondary N) is 1. The summed E-state index contributed by atoms with van der Waals surface area (Å²) in [5.41, 5.74) is -0.480. The van der Waals surface area contributed by atoms with E-state index >= 15 is 0 Å². The fourth-order valence-electron chi connectivity index (χ4n) is 4.17. The zero-order chi connectivity index (χ0) is 17.1. The van der Waals surface area contributed by atoms with Crippen LogP contribution in [0.25, 0.3) is 0 Å². The molecule has 1 unspecified atom stereocenters. The Morgan fingerprint density at radius 3 is 2.00 bits per heavy atom. The number of nitrogens with zero attached hydrogens (tertiary/aromatic N) is 1. The van der Waals surface area contributed by atoms with Crippen molar-refractivity contribution in [3.05, 3.63) is 0 Å². The first-order valence-electron chi connectivity index (χ1n) is 7.95. The van der Waals surface area contributed by atoms with Crippen LogP contribution >= 0.6 is 0 Å². The highest BCUT2D eigenvalue weighted by Crippen LogP contribution is 2.72. The second-order valence-corrected chi connectivity index (χ2v) is 11.1. The molecule has 3 aliphatic rings. The van der Waals surface area contributed by atoms with Crippen LogP contribution in [0, 0.1) is 5.41 Å². The van der Waals surface area contributed by atoms with Crippen LogP contribution in [-0.2, 0) is 11.4 Å². The minimum atomic E-state index is -1.09. The van der Waals surface area contributed by atoms with Gasteiger partial charge in [0.05, 0.1) is 6.04 Å². The first-order valence-corrected chi connectivity index (χ1v) is 9.10. The van der Waals surface area contributed by atoms with Crippen LogP contribution in [0.3, 0.4) is 0 Å². The third-order valence-electron chi connectivity index (χ3n) is 5.14. The summed E-state index contributed by atoms with van der Waals surface area (Å²) in [5.74, 6) is 0. The van der Waals surface area contributed by atoms with Gasteiger partial charge in [-0.25, -0.2) is 4.79 Å². The summed E-state index contributed by atoms with van der Waals surface area (Å²) >= 11 is -1.09. The number of amides is 1. The molecule has 3 rings (SSSR count). The smallest absolute Gasteiger partial charge is 0.408 e. The highest BCUT2D eigenvalue weighted by Gasteiger charge is 2.74. The molecule has 2 N–H and O–H groups in total. The summed E-state index contributed by atoms with van der Waals surface area (Å²) in [7, 11) is 0. The number of hydrogen-bond acceptors (Lipinski definition) is 3. The van der Waals surface area contributed by atoms with Crippen LogP contribution in [-0.4, -0.2) is 42.5 Å². The van der Waals surface area contributed by atoms with Crippen LogP contribution < -0.4 is 4.72 Å². The van der Waals surface area contributed by atoms with Gasteiger partial charge in [0.1, 0.15) is 4.75 Å². The Balaban J connectivity index is 2.01. The van der Waals surface area contributed by atoms with E-state index < -0.39 is 17.5 Å². The molecule has 128 valence electrons. The van der Waals surface area contributed by atoms with Crippen molar-refractivity contribution in [1.29, 1.82) is 0 Å². The molecule has 0 radical (unpaired) electrons. The zero-order valence-corrected chi connectivity index (χ0v) is 15.6. The summed E-state index contributed by atoms with van der Waals surface area (Å²) in [6, 6.07) is 0.144. The molecular formula is C16H30N2O3S. The lowest BCUT2D eigenvalue weighted by Gasteiger charge is -2.76. The molecule has 0 spiro atoms. The Hall–Kier alpha value is -0.460. The third kappa shape index (κ3) is 2.74. The van der Waals surface area contributed by atoms with Crippen molar-refractivity contribution in [1.82, 2.24) is 9.62 Å². The van der Waals surface area contributed by atoms with Gasteiger partial charge in [0.15, 0.2) is 0 Å². The Morgan fingerprint density at radius 2 is 1.68 bits per heavy atom. The lowest BCUT2D eigenvalue weighted by atomic mass is 9.36. The van der Waals surface area contributed by atoms with Gasteiger partial charge in [0, 0.05) is 22.4 Å². The standard InChI is InChI=1S/C16H30N2O3S/c1-11(17-22(21)14(5,6)7)15-8-16(9-15,10-15)18(12(19)20)13(2,3)4/h11,17H,8-10H2,1-7H3,(H,19,20)/t11-,15?,16?,22?/m0/s1. The van der Waals surface area contributed by atoms with Gasteiger partial charge in [0.25, 0.3) is 0 Å². The number of hydrogen-bond donors (Lipinski definition) is 2. The van der Waals surface area contributed by atoms with E-state index in [9.17, 15) is 14.5 Å². The van der Waals surface area contributed by atoms with Crippen LogP contribution in [0.4, 0.5) is 4.79 Å². The van der Waals surface area contributed by atoms with E-state index in [1.165, 1.54) is 0 Å². The Bertz CT molecular complexity index is 447. The minimum absolute atomic E-state index is 0.111. The van der Waals surface area contributed by atoms with Gasteiger partial charge in [-0.3, -0.25) is 4.90 Å². The Kier molecular flexibility index (Phi) is 4.08. The van der Waals surface area contributed by atoms with Crippen molar-refractivity contribution in [3.8, 4) is 0 Å². The van der Waals surface area contributed by atoms with E-state index in [2.05, 4.69) is 11.6 Å². The molecule has 0 aromatic carbocycles.